The van der Waals surface area contributed by atoms with Crippen molar-refractivity contribution in [2.24, 2.45) is 0 Å². The van der Waals surface area contributed by atoms with Crippen molar-refractivity contribution >= 4 is 49.5 Å². The second-order valence-electron chi connectivity index (χ2n) is 13.6. The molecule has 0 radical (unpaired) electrons. The summed E-state index contributed by atoms with van der Waals surface area (Å²) >= 11 is 0. The Labute approximate surface area is 319 Å². The first kappa shape index (κ1) is 32.2. The zero-order valence-electron chi connectivity index (χ0n) is 29.9. The summed E-state index contributed by atoms with van der Waals surface area (Å²) in [7, 11) is 0. The van der Waals surface area contributed by atoms with E-state index in [4.69, 9.17) is 15.0 Å². The van der Waals surface area contributed by atoms with Gasteiger partial charge in [0.1, 0.15) is 0 Å². The van der Waals surface area contributed by atoms with E-state index in [-0.39, 0.29) is 0 Å². The first-order valence-electron chi connectivity index (χ1n) is 18.5. The van der Waals surface area contributed by atoms with E-state index in [0.29, 0.717) is 5.82 Å². The largest absolute Gasteiger partial charge is 0.308 e. The molecule has 258 valence electrons. The molecule has 0 fully saturated rings. The van der Waals surface area contributed by atoms with Gasteiger partial charge in [-0.15, -0.1) is 0 Å². The van der Waals surface area contributed by atoms with E-state index in [0.717, 1.165) is 88.8 Å². The zero-order chi connectivity index (χ0) is 36.6. The molecule has 10 aromatic rings. The maximum absolute atomic E-state index is 5.56. The van der Waals surface area contributed by atoms with Gasteiger partial charge in [0.25, 0.3) is 0 Å². The molecule has 4 nitrogen and oxygen atoms in total. The maximum atomic E-state index is 5.56. The van der Waals surface area contributed by atoms with Crippen LogP contribution in [0.3, 0.4) is 0 Å². The Morgan fingerprint density at radius 3 is 1.42 bits per heavy atom. The highest BCUT2D eigenvalue weighted by atomic mass is 15.1. The molecule has 0 atom stereocenters. The number of hydrogen-bond acceptors (Lipinski definition) is 4. The van der Waals surface area contributed by atoms with E-state index in [2.05, 4.69) is 199 Å². The van der Waals surface area contributed by atoms with Gasteiger partial charge in [0.05, 0.1) is 28.3 Å². The highest BCUT2D eigenvalue weighted by molar-refractivity contribution is 6.25. The van der Waals surface area contributed by atoms with E-state index in [9.17, 15) is 0 Å². The van der Waals surface area contributed by atoms with Gasteiger partial charge in [-0.1, -0.05) is 170 Å². The van der Waals surface area contributed by atoms with Crippen LogP contribution in [-0.4, -0.2) is 15.0 Å². The van der Waals surface area contributed by atoms with Gasteiger partial charge in [-0.2, -0.15) is 0 Å². The van der Waals surface area contributed by atoms with Crippen molar-refractivity contribution in [3.05, 3.63) is 206 Å². The second-order valence-corrected chi connectivity index (χ2v) is 13.6. The summed E-state index contributed by atoms with van der Waals surface area (Å²) in [5, 5.41) is 5.52. The summed E-state index contributed by atoms with van der Waals surface area (Å²) < 4.78 is 0. The molecular weight excluding hydrogens is 669 g/mol. The molecule has 0 aliphatic heterocycles. The molecule has 2 heterocycles. The van der Waals surface area contributed by atoms with E-state index >= 15 is 0 Å². The molecule has 0 aliphatic rings. The third kappa shape index (κ3) is 5.87. The Morgan fingerprint density at radius 2 is 0.836 bits per heavy atom. The van der Waals surface area contributed by atoms with Crippen molar-refractivity contribution in [1.29, 1.82) is 0 Å². The monoisotopic (exact) mass is 702 g/mol. The summed E-state index contributed by atoms with van der Waals surface area (Å²) in [5.41, 5.74) is 10.9. The average molecular weight is 703 g/mol. The maximum Gasteiger partial charge on any atom is 0.161 e. The minimum absolute atomic E-state index is 0.687. The van der Waals surface area contributed by atoms with Crippen LogP contribution < -0.4 is 4.90 Å². The molecule has 2 aromatic heterocycles. The van der Waals surface area contributed by atoms with Crippen LogP contribution in [0.1, 0.15) is 0 Å². The lowest BCUT2D eigenvalue weighted by Gasteiger charge is -2.27. The molecule has 0 saturated heterocycles. The standard InChI is InChI=1S/C51H34N4/c1-6-18-35(19-7-1)45-34-46(36-20-8-2-9-21-36)53-51(52-45)42-29-16-28-41-40(42)32-33-44-48(41)43-30-17-31-47(50(43)54-49(44)37-22-10-3-11-23-37)55(38-24-12-4-13-25-38)39-26-14-5-15-27-39/h1-34H. The molecule has 8 aromatic carbocycles. The van der Waals surface area contributed by atoms with Crippen LogP contribution >= 0.6 is 0 Å². The number of pyridine rings is 1. The van der Waals surface area contributed by atoms with Crippen LogP contribution in [0.5, 0.6) is 0 Å². The predicted octanol–water partition coefficient (Wildman–Crippen LogP) is 13.5. The highest BCUT2D eigenvalue weighted by Gasteiger charge is 2.21. The van der Waals surface area contributed by atoms with E-state index < -0.39 is 0 Å². The normalized spacial score (nSPS) is 11.3. The molecule has 0 aliphatic carbocycles. The molecule has 0 saturated carbocycles. The molecular formula is C51H34N4. The van der Waals surface area contributed by atoms with Crippen molar-refractivity contribution in [3.8, 4) is 45.2 Å². The fraction of sp³-hybridized carbons (Fsp3) is 0. The first-order valence-corrected chi connectivity index (χ1v) is 18.5. The van der Waals surface area contributed by atoms with Gasteiger partial charge >= 0.3 is 0 Å². The Bertz CT molecular complexity index is 2850. The number of benzene rings is 8. The van der Waals surface area contributed by atoms with Gasteiger partial charge in [0.15, 0.2) is 5.82 Å². The fourth-order valence-electron chi connectivity index (χ4n) is 7.72. The van der Waals surface area contributed by atoms with Crippen LogP contribution in [0, 0.1) is 0 Å². The summed E-state index contributed by atoms with van der Waals surface area (Å²) in [5.74, 6) is 0.687. The van der Waals surface area contributed by atoms with Crippen LogP contribution in [-0.2, 0) is 0 Å². The van der Waals surface area contributed by atoms with Crippen LogP contribution in [0.15, 0.2) is 206 Å². The number of hydrogen-bond donors (Lipinski definition) is 0. The molecule has 0 unspecified atom stereocenters. The summed E-state index contributed by atoms with van der Waals surface area (Å²) in [6, 6.07) is 71.9. The Morgan fingerprint density at radius 1 is 0.345 bits per heavy atom. The van der Waals surface area contributed by atoms with Crippen molar-refractivity contribution in [1.82, 2.24) is 15.0 Å². The number of nitrogens with zero attached hydrogens (tertiary/aromatic N) is 4. The zero-order valence-corrected chi connectivity index (χ0v) is 29.9. The summed E-state index contributed by atoms with van der Waals surface area (Å²) in [6.45, 7) is 0. The van der Waals surface area contributed by atoms with Gasteiger partial charge in [-0.25, -0.2) is 15.0 Å². The highest BCUT2D eigenvalue weighted by Crippen LogP contribution is 2.44. The topological polar surface area (TPSA) is 41.9 Å². The number of rotatable bonds is 7. The molecule has 0 spiro atoms. The third-order valence-corrected chi connectivity index (χ3v) is 10.2. The lowest BCUT2D eigenvalue weighted by atomic mass is 9.92. The van der Waals surface area contributed by atoms with E-state index in [1.807, 2.05) is 12.1 Å². The molecule has 0 N–H and O–H groups in total. The minimum Gasteiger partial charge on any atom is -0.308 e. The molecule has 10 rings (SSSR count). The molecule has 0 bridgehead atoms. The lowest BCUT2D eigenvalue weighted by Crippen LogP contribution is -2.11. The molecule has 0 amide bonds. The van der Waals surface area contributed by atoms with Crippen LogP contribution in [0.4, 0.5) is 17.1 Å². The summed E-state index contributed by atoms with van der Waals surface area (Å²) in [6.07, 6.45) is 0. The number of anilines is 3. The van der Waals surface area contributed by atoms with Gasteiger partial charge in [0, 0.05) is 49.8 Å². The lowest BCUT2D eigenvalue weighted by molar-refractivity contribution is 1.19. The summed E-state index contributed by atoms with van der Waals surface area (Å²) in [4.78, 5) is 18.3. The van der Waals surface area contributed by atoms with Gasteiger partial charge in [-0.05, 0) is 47.2 Å². The average Bonchev–Trinajstić information content (AvgIpc) is 3.27. The smallest absolute Gasteiger partial charge is 0.161 e. The van der Waals surface area contributed by atoms with Crippen LogP contribution in [0.25, 0.3) is 77.6 Å². The van der Waals surface area contributed by atoms with Crippen molar-refractivity contribution < 1.29 is 0 Å². The predicted molar refractivity (Wildman–Crippen MR) is 229 cm³/mol. The van der Waals surface area contributed by atoms with Crippen molar-refractivity contribution in [2.75, 3.05) is 4.90 Å². The molecule has 4 heteroatoms. The van der Waals surface area contributed by atoms with E-state index in [1.54, 1.807) is 0 Å². The number of para-hydroxylation sites is 3. The van der Waals surface area contributed by atoms with Crippen molar-refractivity contribution in [3.63, 3.8) is 0 Å². The first-order chi connectivity index (χ1) is 27.3. The minimum atomic E-state index is 0.687. The Hall–Kier alpha value is -7.43. The van der Waals surface area contributed by atoms with Gasteiger partial charge < -0.3 is 4.90 Å². The fourth-order valence-corrected chi connectivity index (χ4v) is 7.72. The number of aromatic nitrogens is 3. The van der Waals surface area contributed by atoms with Crippen molar-refractivity contribution in [2.45, 2.75) is 0 Å². The van der Waals surface area contributed by atoms with Gasteiger partial charge in [-0.3, -0.25) is 0 Å². The number of fused-ring (bicyclic) bond motifs is 5. The second kappa shape index (κ2) is 13.8. The van der Waals surface area contributed by atoms with E-state index in [1.165, 1.54) is 0 Å². The van der Waals surface area contributed by atoms with Crippen LogP contribution in [0.2, 0.25) is 0 Å². The van der Waals surface area contributed by atoms with Gasteiger partial charge in [0.2, 0.25) is 0 Å². The SMILES string of the molecule is c1ccc(-c2cc(-c3ccccc3)nc(-c3cccc4c3ccc3c(-c5ccccc5)nc5c(N(c6ccccc6)c6ccccc6)cccc5c34)n2)cc1. The third-order valence-electron chi connectivity index (χ3n) is 10.2. The quantitative estimate of drug-likeness (QED) is 0.155. The molecule has 55 heavy (non-hydrogen) atoms. The Balaban J connectivity index is 1.28. The Kier molecular flexibility index (Phi) is 8.12.